The quantitative estimate of drug-likeness (QED) is 0.846. The first kappa shape index (κ1) is 17.6. The molecule has 0 amide bonds. The molecule has 0 spiro atoms. The van der Waals surface area contributed by atoms with E-state index in [1.54, 1.807) is 13.0 Å². The third-order valence-corrected chi connectivity index (χ3v) is 5.39. The zero-order valence-electron chi connectivity index (χ0n) is 13.2. The van der Waals surface area contributed by atoms with Gasteiger partial charge >= 0.3 is 5.97 Å². The van der Waals surface area contributed by atoms with Crippen molar-refractivity contribution in [1.82, 2.24) is 0 Å². The van der Waals surface area contributed by atoms with Crippen molar-refractivity contribution in [2.45, 2.75) is 33.1 Å². The Balaban J connectivity index is 0.000000924. The minimum Gasteiger partial charge on any atom is -0.478 e. The molecule has 0 bridgehead atoms. The number of ketones is 1. The number of Topliss-reactive ketones (excluding diaryl/α,β-unsaturated/α-hetero) is 1. The van der Waals surface area contributed by atoms with Crippen LogP contribution in [0, 0.1) is 11.8 Å². The van der Waals surface area contributed by atoms with Crippen LogP contribution in [0.1, 0.15) is 48.2 Å². The monoisotopic (exact) mass is 378 g/mol. The zero-order chi connectivity index (χ0) is 17.3. The topological polar surface area (TPSA) is 71.4 Å². The molecule has 4 nitrogen and oxygen atoms in total. The summed E-state index contributed by atoms with van der Waals surface area (Å²) in [6.07, 6.45) is 2.30. The van der Waals surface area contributed by atoms with Gasteiger partial charge in [-0.25, -0.2) is 4.79 Å². The minimum atomic E-state index is -0.880. The average molecular weight is 379 g/mol. The van der Waals surface area contributed by atoms with Crippen LogP contribution in [0.15, 0.2) is 22.2 Å². The van der Waals surface area contributed by atoms with E-state index in [4.69, 9.17) is 4.79 Å². The lowest BCUT2D eigenvalue weighted by molar-refractivity contribution is -0.121. The van der Waals surface area contributed by atoms with Crippen molar-refractivity contribution in [2.24, 2.45) is 11.8 Å². The normalized spacial score (nSPS) is 21.9. The van der Waals surface area contributed by atoms with Gasteiger partial charge < -0.3 is 9.90 Å². The van der Waals surface area contributed by atoms with Crippen molar-refractivity contribution in [3.63, 3.8) is 0 Å². The molecule has 5 heteroatoms. The van der Waals surface area contributed by atoms with Gasteiger partial charge in [0.05, 0.1) is 5.56 Å². The van der Waals surface area contributed by atoms with Gasteiger partial charge in [-0.15, -0.1) is 0 Å². The summed E-state index contributed by atoms with van der Waals surface area (Å²) in [7, 11) is 0. The SMILES string of the molecule is C=O.CC(=O)C1CC2=C(c3c(Br)ccc(C(=O)O)c3C2)C(C)C1. The lowest BCUT2D eigenvalue weighted by Gasteiger charge is -2.28. The molecule has 1 N–H and O–H groups in total. The summed E-state index contributed by atoms with van der Waals surface area (Å²) < 4.78 is 0.959. The van der Waals surface area contributed by atoms with Gasteiger partial charge in [-0.2, -0.15) is 0 Å². The van der Waals surface area contributed by atoms with E-state index in [1.165, 1.54) is 11.1 Å². The van der Waals surface area contributed by atoms with E-state index in [1.807, 2.05) is 12.9 Å². The van der Waals surface area contributed by atoms with Gasteiger partial charge in [0, 0.05) is 10.4 Å². The van der Waals surface area contributed by atoms with E-state index < -0.39 is 5.97 Å². The number of hydrogen-bond donors (Lipinski definition) is 1. The van der Waals surface area contributed by atoms with E-state index in [0.29, 0.717) is 17.9 Å². The fraction of sp³-hybridized carbons (Fsp3) is 0.389. The zero-order valence-corrected chi connectivity index (χ0v) is 14.8. The van der Waals surface area contributed by atoms with Crippen LogP contribution >= 0.6 is 15.9 Å². The van der Waals surface area contributed by atoms with Crippen LogP contribution in [-0.4, -0.2) is 23.6 Å². The molecule has 1 aromatic rings. The fourth-order valence-electron chi connectivity index (χ4n) is 3.79. The number of aromatic carboxylic acids is 1. The Bertz CT molecular complexity index is 705. The van der Waals surface area contributed by atoms with E-state index in [2.05, 4.69) is 22.9 Å². The highest BCUT2D eigenvalue weighted by molar-refractivity contribution is 9.10. The van der Waals surface area contributed by atoms with Crippen LogP contribution in [0.25, 0.3) is 5.57 Å². The molecule has 2 aliphatic rings. The second kappa shape index (κ2) is 6.79. The van der Waals surface area contributed by atoms with Crippen molar-refractivity contribution < 1.29 is 19.5 Å². The molecule has 2 unspecified atom stereocenters. The highest BCUT2D eigenvalue weighted by Crippen LogP contribution is 2.49. The summed E-state index contributed by atoms with van der Waals surface area (Å²) in [5.74, 6) is -0.263. The van der Waals surface area contributed by atoms with Crippen molar-refractivity contribution >= 4 is 40.0 Å². The largest absolute Gasteiger partial charge is 0.478 e. The van der Waals surface area contributed by atoms with Crippen molar-refractivity contribution in [3.05, 3.63) is 38.9 Å². The van der Waals surface area contributed by atoms with Crippen LogP contribution in [0.3, 0.4) is 0 Å². The molecule has 2 aliphatic carbocycles. The first-order chi connectivity index (χ1) is 10.9. The van der Waals surface area contributed by atoms with Gasteiger partial charge in [0.25, 0.3) is 0 Å². The van der Waals surface area contributed by atoms with Crippen LogP contribution in [0.5, 0.6) is 0 Å². The molecule has 0 radical (unpaired) electrons. The molecule has 0 saturated heterocycles. The lowest BCUT2D eigenvalue weighted by atomic mass is 9.76. The Morgan fingerprint density at radius 2 is 1.96 bits per heavy atom. The smallest absolute Gasteiger partial charge is 0.335 e. The standard InChI is InChI=1S/C17H17BrO3.CH2O/c1-8-5-10(9(2)19)6-11-7-13-12(17(20)21)3-4-14(18)16(13)15(8)11;1-2/h3-4,8,10H,5-7H2,1-2H3,(H,20,21);1H2. The third kappa shape index (κ3) is 3.02. The maximum atomic E-state index is 11.7. The first-order valence-corrected chi connectivity index (χ1v) is 8.25. The van der Waals surface area contributed by atoms with Gasteiger partial charge in [-0.1, -0.05) is 28.4 Å². The molecule has 0 aliphatic heterocycles. The second-order valence-corrected chi connectivity index (χ2v) is 6.95. The predicted octanol–water partition coefficient (Wildman–Crippen LogP) is 3.91. The van der Waals surface area contributed by atoms with Crippen molar-refractivity contribution in [3.8, 4) is 0 Å². The Labute approximate surface area is 143 Å². The number of rotatable bonds is 2. The van der Waals surface area contributed by atoms with Crippen molar-refractivity contribution in [2.75, 3.05) is 0 Å². The summed E-state index contributed by atoms with van der Waals surface area (Å²) in [5.41, 5.74) is 4.85. The van der Waals surface area contributed by atoms with Gasteiger partial charge in [0.2, 0.25) is 0 Å². The molecule has 3 rings (SSSR count). The third-order valence-electron chi connectivity index (χ3n) is 4.73. The highest BCUT2D eigenvalue weighted by Gasteiger charge is 2.36. The predicted molar refractivity (Wildman–Crippen MR) is 91.4 cm³/mol. The number of carboxylic acids is 1. The number of allylic oxidation sites excluding steroid dienone is 2. The van der Waals surface area contributed by atoms with E-state index >= 15 is 0 Å². The minimum absolute atomic E-state index is 0.0834. The van der Waals surface area contributed by atoms with E-state index in [9.17, 15) is 14.7 Å². The van der Waals surface area contributed by atoms with Crippen LogP contribution < -0.4 is 0 Å². The van der Waals surface area contributed by atoms with E-state index in [0.717, 1.165) is 28.4 Å². The van der Waals surface area contributed by atoms with Gasteiger partial charge in [0.15, 0.2) is 0 Å². The highest BCUT2D eigenvalue weighted by atomic mass is 79.9. The number of fused-ring (bicyclic) bond motifs is 2. The summed E-state index contributed by atoms with van der Waals surface area (Å²) >= 11 is 3.57. The van der Waals surface area contributed by atoms with E-state index in [-0.39, 0.29) is 11.7 Å². The van der Waals surface area contributed by atoms with Gasteiger partial charge in [-0.05, 0) is 60.9 Å². The lowest BCUT2D eigenvalue weighted by Crippen LogP contribution is -2.20. The molecule has 23 heavy (non-hydrogen) atoms. The van der Waals surface area contributed by atoms with Gasteiger partial charge in [-0.3, -0.25) is 4.79 Å². The maximum Gasteiger partial charge on any atom is 0.335 e. The van der Waals surface area contributed by atoms with Crippen LogP contribution in [-0.2, 0) is 16.0 Å². The number of benzene rings is 1. The fourth-order valence-corrected chi connectivity index (χ4v) is 4.38. The molecule has 0 fully saturated rings. The molecule has 122 valence electrons. The average Bonchev–Trinajstić information content (AvgIpc) is 2.89. The summed E-state index contributed by atoms with van der Waals surface area (Å²) in [6, 6.07) is 3.48. The molecule has 0 saturated carbocycles. The molecule has 0 heterocycles. The Kier molecular flexibility index (Phi) is 5.19. The Morgan fingerprint density at radius 1 is 1.30 bits per heavy atom. The summed E-state index contributed by atoms with van der Waals surface area (Å²) in [6.45, 7) is 5.79. The Hall–Kier alpha value is -1.75. The van der Waals surface area contributed by atoms with Gasteiger partial charge in [0.1, 0.15) is 12.6 Å². The molecule has 1 aromatic carbocycles. The first-order valence-electron chi connectivity index (χ1n) is 7.46. The molecular weight excluding hydrogens is 360 g/mol. The maximum absolute atomic E-state index is 11.7. The van der Waals surface area contributed by atoms with Crippen molar-refractivity contribution in [1.29, 1.82) is 0 Å². The Morgan fingerprint density at radius 3 is 2.52 bits per heavy atom. The number of carbonyl (C=O) groups excluding carboxylic acids is 2. The number of carboxylic acid groups (broad SMARTS) is 1. The molecule has 0 aromatic heterocycles. The van der Waals surface area contributed by atoms with Crippen LogP contribution in [0.4, 0.5) is 0 Å². The molecule has 2 atom stereocenters. The number of hydrogen-bond acceptors (Lipinski definition) is 3. The second-order valence-electron chi connectivity index (χ2n) is 6.10. The number of carbonyl (C=O) groups is 3. The summed E-state index contributed by atoms with van der Waals surface area (Å²) in [5, 5.41) is 9.39. The summed E-state index contributed by atoms with van der Waals surface area (Å²) in [4.78, 5) is 31.2. The molecular formula is C18H19BrO4. The van der Waals surface area contributed by atoms with Crippen LogP contribution in [0.2, 0.25) is 0 Å². The number of halogens is 1.